The fourth-order valence-electron chi connectivity index (χ4n) is 2.37. The van der Waals surface area contributed by atoms with Crippen LogP contribution in [-0.4, -0.2) is 39.5 Å². The summed E-state index contributed by atoms with van der Waals surface area (Å²) >= 11 is 0. The summed E-state index contributed by atoms with van der Waals surface area (Å²) in [5, 5.41) is 10.6. The summed E-state index contributed by atoms with van der Waals surface area (Å²) in [4.78, 5) is 14.3. The molecule has 3 rings (SSSR count). The smallest absolute Gasteiger partial charge is 0.253 e. The summed E-state index contributed by atoms with van der Waals surface area (Å²) in [6.07, 6.45) is 3.31. The van der Waals surface area contributed by atoms with Crippen LogP contribution in [0.1, 0.15) is 21.5 Å². The second-order valence-electron chi connectivity index (χ2n) is 5.75. The van der Waals surface area contributed by atoms with Crippen molar-refractivity contribution in [3.63, 3.8) is 0 Å². The van der Waals surface area contributed by atoms with Gasteiger partial charge in [-0.25, -0.2) is 0 Å². The van der Waals surface area contributed by atoms with Crippen molar-refractivity contribution in [2.75, 3.05) is 14.1 Å². The Kier molecular flexibility index (Phi) is 4.34. The minimum Gasteiger partial charge on any atom is -0.348 e. The maximum absolute atomic E-state index is 12.2. The highest BCUT2D eigenvalue weighted by molar-refractivity contribution is 5.94. The highest BCUT2D eigenvalue weighted by atomic mass is 16.1. The van der Waals surface area contributed by atoms with Gasteiger partial charge in [0, 0.05) is 19.3 Å². The van der Waals surface area contributed by atoms with Crippen LogP contribution in [0, 0.1) is 0 Å². The molecule has 0 saturated heterocycles. The number of fused-ring (bicyclic) bond motifs is 1. The third-order valence-corrected chi connectivity index (χ3v) is 3.53. The zero-order chi connectivity index (χ0) is 16.2. The summed E-state index contributed by atoms with van der Waals surface area (Å²) < 4.78 is 1.73. The Bertz CT molecular complexity index is 807. The van der Waals surface area contributed by atoms with Crippen LogP contribution < -0.4 is 5.32 Å². The molecule has 3 aromatic rings. The molecule has 0 spiro atoms. The number of carbonyl (C=O) groups excluding carboxylic acids is 1. The fraction of sp³-hybridized carbons (Fsp3) is 0.235. The molecule has 1 N–H and O–H groups in total. The van der Waals surface area contributed by atoms with Gasteiger partial charge in [0.15, 0.2) is 5.65 Å². The van der Waals surface area contributed by atoms with E-state index in [0.717, 1.165) is 17.8 Å². The second-order valence-corrected chi connectivity index (χ2v) is 5.75. The molecule has 0 fully saturated rings. The van der Waals surface area contributed by atoms with Gasteiger partial charge >= 0.3 is 0 Å². The first kappa shape index (κ1) is 15.2. The molecule has 0 saturated carbocycles. The van der Waals surface area contributed by atoms with Crippen LogP contribution in [0.4, 0.5) is 0 Å². The molecule has 2 heterocycles. The van der Waals surface area contributed by atoms with E-state index >= 15 is 0 Å². The number of aromatic nitrogens is 3. The Morgan fingerprint density at radius 3 is 2.61 bits per heavy atom. The first-order valence-corrected chi connectivity index (χ1v) is 7.42. The highest BCUT2D eigenvalue weighted by Gasteiger charge is 2.07. The van der Waals surface area contributed by atoms with Crippen molar-refractivity contribution in [2.45, 2.75) is 13.1 Å². The summed E-state index contributed by atoms with van der Waals surface area (Å²) in [6, 6.07) is 11.8. The minimum atomic E-state index is -0.113. The lowest BCUT2D eigenvalue weighted by Crippen LogP contribution is -2.23. The molecule has 0 bridgehead atoms. The molecule has 1 amide bonds. The van der Waals surface area contributed by atoms with Gasteiger partial charge in [0.1, 0.15) is 6.33 Å². The van der Waals surface area contributed by atoms with Gasteiger partial charge < -0.3 is 10.2 Å². The predicted octanol–water partition coefficient (Wildman–Crippen LogP) is 1.72. The first-order valence-electron chi connectivity index (χ1n) is 7.42. The molecule has 0 unspecified atom stereocenters. The first-order chi connectivity index (χ1) is 11.1. The van der Waals surface area contributed by atoms with E-state index < -0.39 is 0 Å². The van der Waals surface area contributed by atoms with Gasteiger partial charge in [-0.05, 0) is 37.4 Å². The number of nitrogens with one attached hydrogen (secondary N) is 1. The standard InChI is InChI=1S/C17H19N5O/c1-21(2)10-14-5-3-13(4-6-14)9-18-17(23)15-7-8-16-20-19-12-22(16)11-15/h3-8,11-12H,9-10H2,1-2H3,(H,18,23). The average Bonchev–Trinajstić information content (AvgIpc) is 3.01. The van der Waals surface area contributed by atoms with Gasteiger partial charge in [-0.15, -0.1) is 10.2 Å². The van der Waals surface area contributed by atoms with Crippen molar-refractivity contribution in [1.82, 2.24) is 24.8 Å². The van der Waals surface area contributed by atoms with Crippen molar-refractivity contribution < 1.29 is 4.79 Å². The maximum atomic E-state index is 12.2. The number of nitrogens with zero attached hydrogens (tertiary/aromatic N) is 4. The molecule has 6 heteroatoms. The summed E-state index contributed by atoms with van der Waals surface area (Å²) in [6.45, 7) is 1.41. The lowest BCUT2D eigenvalue weighted by atomic mass is 10.1. The normalized spacial score (nSPS) is 11.1. The molecule has 118 valence electrons. The molecule has 1 aromatic carbocycles. The number of hydrogen-bond acceptors (Lipinski definition) is 4. The molecular weight excluding hydrogens is 290 g/mol. The van der Waals surface area contributed by atoms with Crippen LogP contribution in [0.15, 0.2) is 48.9 Å². The molecule has 0 aliphatic rings. The number of carbonyl (C=O) groups is 1. The Morgan fingerprint density at radius 2 is 1.87 bits per heavy atom. The molecule has 2 aromatic heterocycles. The van der Waals surface area contributed by atoms with E-state index in [4.69, 9.17) is 0 Å². The lowest BCUT2D eigenvalue weighted by Gasteiger charge is -2.10. The summed E-state index contributed by atoms with van der Waals surface area (Å²) in [5.74, 6) is -0.113. The molecule has 6 nitrogen and oxygen atoms in total. The van der Waals surface area contributed by atoms with E-state index in [1.807, 2.05) is 26.2 Å². The summed E-state index contributed by atoms with van der Waals surface area (Å²) in [5.41, 5.74) is 3.63. The predicted molar refractivity (Wildman–Crippen MR) is 88.0 cm³/mol. The largest absolute Gasteiger partial charge is 0.348 e. The molecule has 23 heavy (non-hydrogen) atoms. The number of hydrogen-bond donors (Lipinski definition) is 1. The second kappa shape index (κ2) is 6.58. The van der Waals surface area contributed by atoms with Crippen LogP contribution in [0.25, 0.3) is 5.65 Å². The quantitative estimate of drug-likeness (QED) is 0.779. The van der Waals surface area contributed by atoms with Crippen LogP contribution in [-0.2, 0) is 13.1 Å². The molecule has 0 atom stereocenters. The van der Waals surface area contributed by atoms with E-state index in [9.17, 15) is 4.79 Å². The monoisotopic (exact) mass is 309 g/mol. The van der Waals surface area contributed by atoms with Gasteiger partial charge in [0.25, 0.3) is 5.91 Å². The maximum Gasteiger partial charge on any atom is 0.253 e. The lowest BCUT2D eigenvalue weighted by molar-refractivity contribution is 0.0950. The third kappa shape index (κ3) is 3.73. The van der Waals surface area contributed by atoms with Crippen molar-refractivity contribution in [1.29, 1.82) is 0 Å². The topological polar surface area (TPSA) is 62.5 Å². The van der Waals surface area contributed by atoms with E-state index in [-0.39, 0.29) is 5.91 Å². The van der Waals surface area contributed by atoms with Crippen molar-refractivity contribution >= 4 is 11.6 Å². The Hall–Kier alpha value is -2.73. The fourth-order valence-corrected chi connectivity index (χ4v) is 2.37. The van der Waals surface area contributed by atoms with E-state index in [1.54, 1.807) is 29.1 Å². The van der Waals surface area contributed by atoms with Gasteiger partial charge in [0.05, 0.1) is 5.56 Å². The van der Waals surface area contributed by atoms with Crippen molar-refractivity contribution in [3.8, 4) is 0 Å². The van der Waals surface area contributed by atoms with Crippen LogP contribution >= 0.6 is 0 Å². The highest BCUT2D eigenvalue weighted by Crippen LogP contribution is 2.07. The van der Waals surface area contributed by atoms with Gasteiger partial charge in [-0.3, -0.25) is 9.20 Å². The van der Waals surface area contributed by atoms with Gasteiger partial charge in [-0.1, -0.05) is 24.3 Å². The molecule has 0 radical (unpaired) electrons. The van der Waals surface area contributed by atoms with Gasteiger partial charge in [-0.2, -0.15) is 0 Å². The van der Waals surface area contributed by atoms with E-state index in [1.165, 1.54) is 5.56 Å². The minimum absolute atomic E-state index is 0.113. The van der Waals surface area contributed by atoms with Crippen molar-refractivity contribution in [3.05, 3.63) is 65.6 Å². The zero-order valence-electron chi connectivity index (χ0n) is 13.2. The van der Waals surface area contributed by atoms with Crippen LogP contribution in [0.5, 0.6) is 0 Å². The third-order valence-electron chi connectivity index (χ3n) is 3.53. The Labute approximate surface area is 134 Å². The number of rotatable bonds is 5. The molecule has 0 aliphatic carbocycles. The van der Waals surface area contributed by atoms with Crippen LogP contribution in [0.2, 0.25) is 0 Å². The number of amides is 1. The number of benzene rings is 1. The van der Waals surface area contributed by atoms with E-state index in [0.29, 0.717) is 12.1 Å². The molecule has 0 aliphatic heterocycles. The van der Waals surface area contributed by atoms with E-state index in [2.05, 4.69) is 32.5 Å². The molecular formula is C17H19N5O. The Morgan fingerprint density at radius 1 is 1.13 bits per heavy atom. The zero-order valence-corrected chi connectivity index (χ0v) is 13.2. The average molecular weight is 309 g/mol. The van der Waals surface area contributed by atoms with Crippen molar-refractivity contribution in [2.24, 2.45) is 0 Å². The SMILES string of the molecule is CN(C)Cc1ccc(CNC(=O)c2ccc3nncn3c2)cc1. The number of pyridine rings is 1. The summed E-state index contributed by atoms with van der Waals surface area (Å²) in [7, 11) is 4.08. The van der Waals surface area contributed by atoms with Gasteiger partial charge in [0.2, 0.25) is 0 Å². The van der Waals surface area contributed by atoms with Crippen LogP contribution in [0.3, 0.4) is 0 Å². The Balaban J connectivity index is 1.61.